The molecule has 1 aliphatic heterocycles. The largest absolute Gasteiger partial charge is 0.444 e. The first-order valence-electron chi connectivity index (χ1n) is 11.0. The van der Waals surface area contributed by atoms with Crippen molar-refractivity contribution in [3.63, 3.8) is 0 Å². The molecular weight excluding hydrogens is 422 g/mol. The number of hydrogen-bond donors (Lipinski definition) is 2. The molecule has 1 aromatic heterocycles. The van der Waals surface area contributed by atoms with Gasteiger partial charge in [-0.1, -0.05) is 30.3 Å². The second kappa shape index (κ2) is 10.4. The van der Waals surface area contributed by atoms with E-state index in [0.29, 0.717) is 37.2 Å². The van der Waals surface area contributed by atoms with Crippen LogP contribution in [0, 0.1) is 0 Å². The molecular formula is C24H31N5O4. The Morgan fingerprint density at radius 1 is 1.09 bits per heavy atom. The first-order valence-corrected chi connectivity index (χ1v) is 11.0. The molecule has 3 rings (SSSR count). The maximum absolute atomic E-state index is 13.4. The van der Waals surface area contributed by atoms with Crippen LogP contribution in [0.3, 0.4) is 0 Å². The summed E-state index contributed by atoms with van der Waals surface area (Å²) in [5, 5.41) is 5.30. The lowest BCUT2D eigenvalue weighted by molar-refractivity contribution is -0.134. The zero-order valence-corrected chi connectivity index (χ0v) is 19.5. The molecule has 2 N–H and O–H groups in total. The molecule has 0 radical (unpaired) electrons. The van der Waals surface area contributed by atoms with Crippen molar-refractivity contribution in [1.29, 1.82) is 0 Å². The van der Waals surface area contributed by atoms with Gasteiger partial charge in [-0.2, -0.15) is 0 Å². The predicted octanol–water partition coefficient (Wildman–Crippen LogP) is 2.81. The lowest BCUT2D eigenvalue weighted by Gasteiger charge is -2.34. The van der Waals surface area contributed by atoms with Gasteiger partial charge in [-0.05, 0) is 45.2 Å². The van der Waals surface area contributed by atoms with Crippen LogP contribution in [-0.4, -0.2) is 58.5 Å². The summed E-state index contributed by atoms with van der Waals surface area (Å²) in [6.45, 7) is 6.36. The van der Waals surface area contributed by atoms with E-state index in [-0.39, 0.29) is 17.7 Å². The number of rotatable bonds is 5. The third kappa shape index (κ3) is 6.50. The van der Waals surface area contributed by atoms with Crippen molar-refractivity contribution in [2.45, 2.75) is 51.2 Å². The van der Waals surface area contributed by atoms with E-state index >= 15 is 0 Å². The molecule has 2 heterocycles. The van der Waals surface area contributed by atoms with Gasteiger partial charge < -0.3 is 20.3 Å². The molecule has 0 aliphatic carbocycles. The van der Waals surface area contributed by atoms with Gasteiger partial charge in [-0.3, -0.25) is 9.59 Å². The summed E-state index contributed by atoms with van der Waals surface area (Å²) in [4.78, 5) is 47.8. The maximum Gasteiger partial charge on any atom is 0.408 e. The number of aromatic nitrogens is 2. The number of piperidine rings is 1. The predicted molar refractivity (Wildman–Crippen MR) is 123 cm³/mol. The molecule has 0 saturated carbocycles. The van der Waals surface area contributed by atoms with Crippen LogP contribution in [-0.2, 0) is 9.53 Å². The first-order chi connectivity index (χ1) is 15.7. The number of carbonyl (C=O) groups is 3. The van der Waals surface area contributed by atoms with Gasteiger partial charge in [0.1, 0.15) is 23.7 Å². The topological polar surface area (TPSA) is 114 Å². The molecule has 2 aromatic rings. The van der Waals surface area contributed by atoms with Crippen molar-refractivity contribution < 1.29 is 19.1 Å². The number of nitrogens with one attached hydrogen (secondary N) is 2. The molecule has 0 bridgehead atoms. The first kappa shape index (κ1) is 24.2. The fourth-order valence-electron chi connectivity index (χ4n) is 3.78. The van der Waals surface area contributed by atoms with Gasteiger partial charge in [-0.15, -0.1) is 0 Å². The maximum atomic E-state index is 13.4. The van der Waals surface area contributed by atoms with Gasteiger partial charge in [0.05, 0.1) is 0 Å². The van der Waals surface area contributed by atoms with Crippen LogP contribution < -0.4 is 10.6 Å². The Hall–Kier alpha value is -3.49. The number of amides is 3. The Morgan fingerprint density at radius 2 is 1.76 bits per heavy atom. The van der Waals surface area contributed by atoms with Crippen molar-refractivity contribution in [1.82, 2.24) is 25.5 Å². The molecule has 3 amide bonds. The summed E-state index contributed by atoms with van der Waals surface area (Å²) in [6, 6.07) is 10.0. The van der Waals surface area contributed by atoms with Gasteiger partial charge in [-0.25, -0.2) is 14.8 Å². The average molecular weight is 454 g/mol. The van der Waals surface area contributed by atoms with Gasteiger partial charge in [0.25, 0.3) is 5.91 Å². The molecule has 1 aromatic carbocycles. The molecule has 0 spiro atoms. The second-order valence-corrected chi connectivity index (χ2v) is 9.00. The Bertz CT molecular complexity index is 982. The third-order valence-electron chi connectivity index (χ3n) is 5.41. The minimum atomic E-state index is -0.837. The van der Waals surface area contributed by atoms with Gasteiger partial charge >= 0.3 is 6.09 Å². The molecule has 9 nitrogen and oxygen atoms in total. The summed E-state index contributed by atoms with van der Waals surface area (Å²) in [5.41, 5.74) is 1.15. The van der Waals surface area contributed by atoms with Crippen LogP contribution in [0.2, 0.25) is 0 Å². The zero-order valence-electron chi connectivity index (χ0n) is 19.5. The van der Waals surface area contributed by atoms with Gasteiger partial charge in [0.15, 0.2) is 0 Å². The van der Waals surface area contributed by atoms with Crippen LogP contribution in [0.5, 0.6) is 0 Å². The van der Waals surface area contributed by atoms with E-state index in [0.717, 1.165) is 5.69 Å². The van der Waals surface area contributed by atoms with Gasteiger partial charge in [0.2, 0.25) is 5.91 Å². The fraction of sp³-hybridized carbons (Fsp3) is 0.458. The molecule has 176 valence electrons. The highest BCUT2D eigenvalue weighted by Crippen LogP contribution is 2.28. The van der Waals surface area contributed by atoms with Crippen LogP contribution in [0.1, 0.15) is 67.3 Å². The SMILES string of the molecule is CNC(=O)c1cc(C2CCN(C(=O)[C@H](NC(=O)OC(C)(C)C)c3ccccc3)CC2)ncn1. The van der Waals surface area contributed by atoms with E-state index in [2.05, 4.69) is 20.6 Å². The number of hydrogen-bond acceptors (Lipinski definition) is 6. The minimum absolute atomic E-state index is 0.120. The van der Waals surface area contributed by atoms with E-state index in [1.54, 1.807) is 38.8 Å². The quantitative estimate of drug-likeness (QED) is 0.720. The monoisotopic (exact) mass is 453 g/mol. The highest BCUT2D eigenvalue weighted by Gasteiger charge is 2.32. The summed E-state index contributed by atoms with van der Waals surface area (Å²) in [7, 11) is 1.56. The number of benzene rings is 1. The van der Waals surface area contributed by atoms with E-state index in [9.17, 15) is 14.4 Å². The Balaban J connectivity index is 1.70. The van der Waals surface area contributed by atoms with E-state index in [1.807, 2.05) is 30.3 Å². The summed E-state index contributed by atoms with van der Waals surface area (Å²) >= 11 is 0. The van der Waals surface area contributed by atoms with E-state index < -0.39 is 17.7 Å². The number of carbonyl (C=O) groups excluding carboxylic acids is 3. The third-order valence-corrected chi connectivity index (χ3v) is 5.41. The lowest BCUT2D eigenvalue weighted by atomic mass is 9.92. The van der Waals surface area contributed by atoms with Crippen LogP contribution >= 0.6 is 0 Å². The van der Waals surface area contributed by atoms with Crippen molar-refractivity contribution in [2.24, 2.45) is 0 Å². The van der Waals surface area contributed by atoms with E-state index in [4.69, 9.17) is 4.74 Å². The second-order valence-electron chi connectivity index (χ2n) is 9.00. The summed E-state index contributed by atoms with van der Waals surface area (Å²) < 4.78 is 5.37. The molecule has 9 heteroatoms. The van der Waals surface area contributed by atoms with Crippen LogP contribution in [0.15, 0.2) is 42.7 Å². The number of likely N-dealkylation sites (tertiary alicyclic amines) is 1. The summed E-state index contributed by atoms with van der Waals surface area (Å²) in [5.74, 6) is -0.320. The standard InChI is InChI=1S/C24H31N5O4/c1-24(2,3)33-23(32)28-20(17-8-6-5-7-9-17)22(31)29-12-10-16(11-13-29)18-14-19(21(30)25-4)27-15-26-18/h5-9,14-16,20H,10-13H2,1-4H3,(H,25,30)(H,28,32)/t20-/m1/s1. The average Bonchev–Trinajstić information content (AvgIpc) is 2.81. The van der Waals surface area contributed by atoms with E-state index in [1.165, 1.54) is 6.33 Å². The molecule has 33 heavy (non-hydrogen) atoms. The number of nitrogens with zero attached hydrogens (tertiary/aromatic N) is 3. The highest BCUT2D eigenvalue weighted by atomic mass is 16.6. The van der Waals surface area contributed by atoms with Gasteiger partial charge in [0, 0.05) is 31.7 Å². The zero-order chi connectivity index (χ0) is 24.0. The Morgan fingerprint density at radius 3 is 2.36 bits per heavy atom. The van der Waals surface area contributed by atoms with Crippen molar-refractivity contribution >= 4 is 17.9 Å². The van der Waals surface area contributed by atoms with Crippen molar-refractivity contribution in [3.05, 3.63) is 59.7 Å². The van der Waals surface area contributed by atoms with Crippen LogP contribution in [0.4, 0.5) is 4.79 Å². The molecule has 0 unspecified atom stereocenters. The van der Waals surface area contributed by atoms with Crippen molar-refractivity contribution in [3.8, 4) is 0 Å². The van der Waals surface area contributed by atoms with Crippen molar-refractivity contribution in [2.75, 3.05) is 20.1 Å². The molecule has 1 saturated heterocycles. The Kier molecular flexibility index (Phi) is 7.63. The van der Waals surface area contributed by atoms with Crippen LogP contribution in [0.25, 0.3) is 0 Å². The summed E-state index contributed by atoms with van der Waals surface area (Å²) in [6.07, 6.45) is 2.16. The molecule has 1 fully saturated rings. The smallest absolute Gasteiger partial charge is 0.408 e. The number of ether oxygens (including phenoxy) is 1. The molecule has 1 aliphatic rings. The minimum Gasteiger partial charge on any atom is -0.444 e. The number of alkyl carbamates (subject to hydrolysis) is 1. The Labute approximate surface area is 193 Å². The highest BCUT2D eigenvalue weighted by molar-refractivity contribution is 5.92. The molecule has 1 atom stereocenters. The lowest BCUT2D eigenvalue weighted by Crippen LogP contribution is -2.46. The normalized spacial score (nSPS) is 15.5. The fourth-order valence-corrected chi connectivity index (χ4v) is 3.78.